The fourth-order valence-corrected chi connectivity index (χ4v) is 1.20. The van der Waals surface area contributed by atoms with E-state index in [0.29, 0.717) is 0 Å². The summed E-state index contributed by atoms with van der Waals surface area (Å²) in [6.45, 7) is 4.49. The molecule has 0 aromatic heterocycles. The van der Waals surface area contributed by atoms with Crippen LogP contribution in [0.25, 0.3) is 0 Å². The average Bonchev–Trinajstić information content (AvgIpc) is 1.63. The largest absolute Gasteiger partial charge is 0.716 e. The number of rotatable bonds is 3. The zero-order valence-electron chi connectivity index (χ0n) is 5.66. The molecule has 0 fully saturated rings. The van der Waals surface area contributed by atoms with Crippen molar-refractivity contribution in [3.05, 3.63) is 0 Å². The van der Waals surface area contributed by atoms with Gasteiger partial charge in [-0.25, -0.2) is 0 Å². The van der Waals surface area contributed by atoms with E-state index < -0.39 is 7.60 Å². The second-order valence-electron chi connectivity index (χ2n) is 2.00. The van der Waals surface area contributed by atoms with E-state index in [1.165, 1.54) is 0 Å². The van der Waals surface area contributed by atoms with Gasteiger partial charge in [0.2, 0.25) is 0 Å². The van der Waals surface area contributed by atoms with Crippen LogP contribution in [0.1, 0.15) is 13.8 Å². The van der Waals surface area contributed by atoms with E-state index in [2.05, 4.69) is 9.20 Å². The highest BCUT2D eigenvalue weighted by molar-refractivity contribution is 7.52. The normalized spacial score (nSPS) is 17.9. The molecule has 56 valence electrons. The Labute approximate surface area is 54.2 Å². The molecular weight excluding hydrogens is 143 g/mol. The summed E-state index contributed by atoms with van der Waals surface area (Å²) < 4.78 is 18.6. The van der Waals surface area contributed by atoms with Crippen LogP contribution in [-0.4, -0.2) is 12.8 Å². The molecule has 0 saturated carbocycles. The molecule has 9 heavy (non-hydrogen) atoms. The van der Waals surface area contributed by atoms with Crippen molar-refractivity contribution in [1.29, 1.82) is 0 Å². The molecule has 0 aliphatic rings. The lowest BCUT2D eigenvalue weighted by Gasteiger charge is -2.18. The zero-order valence-corrected chi connectivity index (χ0v) is 6.55. The molecule has 0 heterocycles. The molecular formula is C4H10O4P-. The van der Waals surface area contributed by atoms with Crippen molar-refractivity contribution in [2.75, 3.05) is 6.66 Å². The SMILES string of the molecule is CC(C)OP(C)(=O)O[O-]. The Bertz CT molecular complexity index is 122. The molecule has 0 saturated heterocycles. The molecule has 4 nitrogen and oxygen atoms in total. The van der Waals surface area contributed by atoms with E-state index >= 15 is 0 Å². The van der Waals surface area contributed by atoms with Gasteiger partial charge in [-0.3, -0.25) is 4.57 Å². The topological polar surface area (TPSA) is 58.6 Å². The third-order valence-corrected chi connectivity index (χ3v) is 1.61. The van der Waals surface area contributed by atoms with Crippen LogP contribution < -0.4 is 5.26 Å². The summed E-state index contributed by atoms with van der Waals surface area (Å²) in [5.74, 6) is 0. The van der Waals surface area contributed by atoms with Crippen LogP contribution >= 0.6 is 7.60 Å². The Kier molecular flexibility index (Phi) is 3.36. The molecule has 0 rings (SSSR count). The van der Waals surface area contributed by atoms with E-state index in [1.54, 1.807) is 13.8 Å². The molecule has 0 amide bonds. The van der Waals surface area contributed by atoms with Gasteiger partial charge in [0.15, 0.2) is 0 Å². The van der Waals surface area contributed by atoms with Gasteiger partial charge >= 0.3 is 7.60 Å². The molecule has 0 bridgehead atoms. The first kappa shape index (κ1) is 9.11. The maximum absolute atomic E-state index is 10.6. The summed E-state index contributed by atoms with van der Waals surface area (Å²) >= 11 is 0. The fraction of sp³-hybridized carbons (Fsp3) is 1.00. The summed E-state index contributed by atoms with van der Waals surface area (Å²) in [5, 5.41) is 9.60. The van der Waals surface area contributed by atoms with Crippen LogP contribution in [-0.2, 0) is 13.8 Å². The number of hydrogen-bond donors (Lipinski definition) is 0. The van der Waals surface area contributed by atoms with Gasteiger partial charge in [-0.2, -0.15) is 0 Å². The van der Waals surface area contributed by atoms with Gasteiger partial charge in [0.1, 0.15) is 0 Å². The Morgan fingerprint density at radius 2 is 2.00 bits per heavy atom. The minimum atomic E-state index is -3.29. The minimum absolute atomic E-state index is 0.241. The molecule has 1 unspecified atom stereocenters. The van der Waals surface area contributed by atoms with Gasteiger partial charge in [-0.15, -0.1) is 0 Å². The summed E-state index contributed by atoms with van der Waals surface area (Å²) in [6, 6.07) is 0. The molecule has 0 aliphatic heterocycles. The highest BCUT2D eigenvalue weighted by atomic mass is 31.2. The van der Waals surface area contributed by atoms with E-state index in [4.69, 9.17) is 0 Å². The first-order chi connectivity index (χ1) is 3.98. The molecule has 0 spiro atoms. The minimum Gasteiger partial charge on any atom is -0.716 e. The van der Waals surface area contributed by atoms with Crippen molar-refractivity contribution >= 4 is 7.60 Å². The maximum Gasteiger partial charge on any atom is 0.318 e. The third-order valence-electron chi connectivity index (χ3n) is 0.538. The second-order valence-corrected chi connectivity index (χ2v) is 3.90. The molecule has 0 N–H and O–H groups in total. The summed E-state index contributed by atoms with van der Waals surface area (Å²) in [5.41, 5.74) is 0. The third kappa shape index (κ3) is 4.60. The standard InChI is InChI=1S/C4H11O4P/c1-4(2)7-9(3,6)8-5/h4-5H,1-3H3/p-1. The molecule has 0 radical (unpaired) electrons. The van der Waals surface area contributed by atoms with Gasteiger partial charge in [-0.1, -0.05) is 0 Å². The predicted octanol–water partition coefficient (Wildman–Crippen LogP) is 0.526. The van der Waals surface area contributed by atoms with E-state index in [-0.39, 0.29) is 6.10 Å². The first-order valence-electron chi connectivity index (χ1n) is 2.55. The van der Waals surface area contributed by atoms with E-state index in [9.17, 15) is 9.82 Å². The van der Waals surface area contributed by atoms with Crippen molar-refractivity contribution in [2.45, 2.75) is 20.0 Å². The van der Waals surface area contributed by atoms with E-state index in [0.717, 1.165) is 6.66 Å². The van der Waals surface area contributed by atoms with Gasteiger partial charge in [-0.05, 0) is 13.8 Å². The molecule has 0 aliphatic carbocycles. The van der Waals surface area contributed by atoms with Crippen LogP contribution in [0.15, 0.2) is 0 Å². The van der Waals surface area contributed by atoms with Gasteiger partial charge in [0, 0.05) is 6.66 Å². The molecule has 0 aromatic carbocycles. The Hall–Kier alpha value is 0.110. The van der Waals surface area contributed by atoms with Crippen LogP contribution in [0.4, 0.5) is 0 Å². The maximum atomic E-state index is 10.6. The lowest BCUT2D eigenvalue weighted by atomic mass is 10.5. The lowest BCUT2D eigenvalue weighted by molar-refractivity contribution is -0.640. The summed E-state index contributed by atoms with van der Waals surface area (Å²) in [4.78, 5) is 0. The predicted molar refractivity (Wildman–Crippen MR) is 30.8 cm³/mol. The second kappa shape index (κ2) is 3.32. The van der Waals surface area contributed by atoms with Crippen molar-refractivity contribution in [1.82, 2.24) is 0 Å². The lowest BCUT2D eigenvalue weighted by Crippen LogP contribution is -2.08. The monoisotopic (exact) mass is 153 g/mol. The van der Waals surface area contributed by atoms with Crippen LogP contribution in [0.2, 0.25) is 0 Å². The zero-order chi connectivity index (χ0) is 7.49. The van der Waals surface area contributed by atoms with Crippen LogP contribution in [0.3, 0.4) is 0 Å². The highest BCUT2D eigenvalue weighted by Gasteiger charge is 2.12. The average molecular weight is 153 g/mol. The smallest absolute Gasteiger partial charge is 0.318 e. The first-order valence-corrected chi connectivity index (χ1v) is 4.54. The Morgan fingerprint density at radius 1 is 1.56 bits per heavy atom. The Balaban J connectivity index is 3.73. The van der Waals surface area contributed by atoms with Gasteiger partial charge in [0.25, 0.3) is 0 Å². The van der Waals surface area contributed by atoms with Gasteiger partial charge in [0.05, 0.1) is 6.10 Å². The highest BCUT2D eigenvalue weighted by Crippen LogP contribution is 2.42. The molecule has 0 aromatic rings. The number of hydrogen-bond acceptors (Lipinski definition) is 4. The van der Waals surface area contributed by atoms with Crippen molar-refractivity contribution in [2.24, 2.45) is 0 Å². The van der Waals surface area contributed by atoms with E-state index in [1.807, 2.05) is 0 Å². The van der Waals surface area contributed by atoms with Crippen molar-refractivity contribution < 1.29 is 19.0 Å². The fourth-order valence-electron chi connectivity index (χ4n) is 0.401. The summed E-state index contributed by atoms with van der Waals surface area (Å²) in [6.07, 6.45) is -0.241. The van der Waals surface area contributed by atoms with Crippen LogP contribution in [0, 0.1) is 0 Å². The van der Waals surface area contributed by atoms with Crippen molar-refractivity contribution in [3.63, 3.8) is 0 Å². The molecule has 1 atom stereocenters. The quantitative estimate of drug-likeness (QED) is 0.337. The van der Waals surface area contributed by atoms with Crippen molar-refractivity contribution in [3.8, 4) is 0 Å². The van der Waals surface area contributed by atoms with Gasteiger partial charge < -0.3 is 14.5 Å². The van der Waals surface area contributed by atoms with Crippen LogP contribution in [0.5, 0.6) is 0 Å². The Morgan fingerprint density at radius 3 is 2.11 bits per heavy atom. The molecule has 5 heteroatoms. The summed E-state index contributed by atoms with van der Waals surface area (Å²) in [7, 11) is -3.29.